The van der Waals surface area contributed by atoms with Gasteiger partial charge in [0.25, 0.3) is 10.0 Å². The maximum atomic E-state index is 12.7. The van der Waals surface area contributed by atoms with Crippen LogP contribution in [0.5, 0.6) is 0 Å². The minimum absolute atomic E-state index is 0.0117. The molecule has 26 heavy (non-hydrogen) atoms. The number of morpholine rings is 1. The van der Waals surface area contributed by atoms with Crippen molar-refractivity contribution in [1.29, 1.82) is 0 Å². The van der Waals surface area contributed by atoms with Crippen LogP contribution in [-0.4, -0.2) is 34.7 Å². The van der Waals surface area contributed by atoms with Crippen molar-refractivity contribution in [2.24, 2.45) is 0 Å². The Morgan fingerprint density at radius 1 is 1.00 bits per heavy atom. The Balaban J connectivity index is 1.79. The molecule has 1 saturated heterocycles. The summed E-state index contributed by atoms with van der Waals surface area (Å²) in [5.41, 5.74) is 2.65. The minimum atomic E-state index is -3.62. The molecular weight excluding hydrogens is 348 g/mol. The largest absolute Gasteiger partial charge is 0.378 e. The molecule has 0 aromatic heterocycles. The molecule has 1 aliphatic heterocycles. The van der Waals surface area contributed by atoms with E-state index in [1.165, 1.54) is 0 Å². The summed E-state index contributed by atoms with van der Waals surface area (Å²) in [6.07, 6.45) is 0. The SMILES string of the molecule is CC(C)(C)c1ccc(S(=O)(=O)Nc2cccc(N3CCOCC3)c2)cc1. The average Bonchev–Trinajstić information content (AvgIpc) is 2.62. The number of nitrogens with zero attached hydrogens (tertiary/aromatic N) is 1. The predicted molar refractivity (Wildman–Crippen MR) is 105 cm³/mol. The number of hydrogen-bond acceptors (Lipinski definition) is 4. The third kappa shape index (κ3) is 4.37. The van der Waals surface area contributed by atoms with E-state index in [9.17, 15) is 8.42 Å². The molecule has 3 rings (SSSR count). The summed E-state index contributed by atoms with van der Waals surface area (Å²) in [6, 6.07) is 14.6. The molecule has 2 aromatic carbocycles. The fourth-order valence-electron chi connectivity index (χ4n) is 2.94. The van der Waals surface area contributed by atoms with Gasteiger partial charge in [-0.3, -0.25) is 4.72 Å². The topological polar surface area (TPSA) is 58.6 Å². The predicted octanol–water partition coefficient (Wildman–Crippen LogP) is 3.62. The molecule has 1 aliphatic rings. The number of rotatable bonds is 4. The molecule has 0 spiro atoms. The zero-order chi connectivity index (χ0) is 18.8. The van der Waals surface area contributed by atoms with Crippen LogP contribution in [0, 0.1) is 0 Å². The van der Waals surface area contributed by atoms with Gasteiger partial charge in [-0.25, -0.2) is 8.42 Å². The summed E-state index contributed by atoms with van der Waals surface area (Å²) in [7, 11) is -3.62. The van der Waals surface area contributed by atoms with Crippen LogP contribution in [0.3, 0.4) is 0 Å². The second kappa shape index (κ2) is 7.29. The molecule has 0 aliphatic carbocycles. The van der Waals surface area contributed by atoms with E-state index in [1.807, 2.05) is 30.3 Å². The molecule has 2 aromatic rings. The van der Waals surface area contributed by atoms with Crippen LogP contribution in [0.15, 0.2) is 53.4 Å². The van der Waals surface area contributed by atoms with Crippen LogP contribution >= 0.6 is 0 Å². The first kappa shape index (κ1) is 18.7. The quantitative estimate of drug-likeness (QED) is 0.888. The van der Waals surface area contributed by atoms with E-state index >= 15 is 0 Å². The van der Waals surface area contributed by atoms with Gasteiger partial charge in [0, 0.05) is 18.8 Å². The summed E-state index contributed by atoms with van der Waals surface area (Å²) in [5.74, 6) is 0. The number of benzene rings is 2. The lowest BCUT2D eigenvalue weighted by atomic mass is 9.87. The zero-order valence-electron chi connectivity index (χ0n) is 15.5. The third-order valence-electron chi connectivity index (χ3n) is 4.51. The van der Waals surface area contributed by atoms with Crippen molar-refractivity contribution in [1.82, 2.24) is 0 Å². The highest BCUT2D eigenvalue weighted by atomic mass is 32.2. The lowest BCUT2D eigenvalue weighted by Crippen LogP contribution is -2.36. The molecule has 0 bridgehead atoms. The van der Waals surface area contributed by atoms with E-state index < -0.39 is 10.0 Å². The normalized spacial score (nSPS) is 15.7. The summed E-state index contributed by atoms with van der Waals surface area (Å²) in [6.45, 7) is 9.31. The first-order valence-corrected chi connectivity index (χ1v) is 10.3. The van der Waals surface area contributed by atoms with E-state index in [0.717, 1.165) is 24.3 Å². The van der Waals surface area contributed by atoms with Gasteiger partial charge in [0.2, 0.25) is 0 Å². The Hall–Kier alpha value is -2.05. The van der Waals surface area contributed by atoms with Crippen molar-refractivity contribution in [2.75, 3.05) is 35.9 Å². The van der Waals surface area contributed by atoms with Gasteiger partial charge < -0.3 is 9.64 Å². The first-order chi connectivity index (χ1) is 12.3. The van der Waals surface area contributed by atoms with Crippen molar-refractivity contribution >= 4 is 21.4 Å². The molecule has 0 atom stereocenters. The van der Waals surface area contributed by atoms with Crippen molar-refractivity contribution < 1.29 is 13.2 Å². The Kier molecular flexibility index (Phi) is 5.25. The van der Waals surface area contributed by atoms with Crippen LogP contribution in [0.25, 0.3) is 0 Å². The average molecular weight is 375 g/mol. The highest BCUT2D eigenvalue weighted by Gasteiger charge is 2.18. The zero-order valence-corrected chi connectivity index (χ0v) is 16.3. The van der Waals surface area contributed by atoms with E-state index in [-0.39, 0.29) is 10.3 Å². The molecular formula is C20H26N2O3S. The first-order valence-electron chi connectivity index (χ1n) is 8.82. The molecule has 1 fully saturated rings. The second-order valence-corrected chi connectivity index (χ2v) is 9.21. The Morgan fingerprint density at radius 3 is 2.27 bits per heavy atom. The van der Waals surface area contributed by atoms with Crippen molar-refractivity contribution in [2.45, 2.75) is 31.1 Å². The van der Waals surface area contributed by atoms with Crippen molar-refractivity contribution in [3.8, 4) is 0 Å². The molecule has 0 amide bonds. The summed E-state index contributed by atoms with van der Waals surface area (Å²) < 4.78 is 33.5. The van der Waals surface area contributed by atoms with Gasteiger partial charge in [0.15, 0.2) is 0 Å². The Morgan fingerprint density at radius 2 is 1.65 bits per heavy atom. The number of sulfonamides is 1. The van der Waals surface area contributed by atoms with Gasteiger partial charge in [0.05, 0.1) is 23.8 Å². The summed E-state index contributed by atoms with van der Waals surface area (Å²) >= 11 is 0. The molecule has 0 radical (unpaired) electrons. The van der Waals surface area contributed by atoms with E-state index in [0.29, 0.717) is 18.9 Å². The van der Waals surface area contributed by atoms with Crippen LogP contribution in [0.2, 0.25) is 0 Å². The van der Waals surface area contributed by atoms with Gasteiger partial charge >= 0.3 is 0 Å². The van der Waals surface area contributed by atoms with Gasteiger partial charge in [-0.15, -0.1) is 0 Å². The van der Waals surface area contributed by atoms with Crippen molar-refractivity contribution in [3.05, 3.63) is 54.1 Å². The maximum absolute atomic E-state index is 12.7. The fourth-order valence-corrected chi connectivity index (χ4v) is 3.99. The molecule has 0 saturated carbocycles. The lowest BCUT2D eigenvalue weighted by Gasteiger charge is -2.29. The number of nitrogens with one attached hydrogen (secondary N) is 1. The standard InChI is InChI=1S/C20H26N2O3S/c1-20(2,3)16-7-9-19(10-8-16)26(23,24)21-17-5-4-6-18(15-17)22-11-13-25-14-12-22/h4-10,15,21H,11-14H2,1-3H3. The summed E-state index contributed by atoms with van der Waals surface area (Å²) in [4.78, 5) is 2.46. The van der Waals surface area contributed by atoms with Crippen LogP contribution in [-0.2, 0) is 20.2 Å². The van der Waals surface area contributed by atoms with E-state index in [4.69, 9.17) is 4.74 Å². The molecule has 5 nitrogen and oxygen atoms in total. The van der Waals surface area contributed by atoms with Gasteiger partial charge in [0.1, 0.15) is 0 Å². The number of anilines is 2. The third-order valence-corrected chi connectivity index (χ3v) is 5.90. The van der Waals surface area contributed by atoms with Gasteiger partial charge in [-0.1, -0.05) is 39.0 Å². The molecule has 0 unspecified atom stereocenters. The maximum Gasteiger partial charge on any atom is 0.261 e. The van der Waals surface area contributed by atoms with Crippen LogP contribution < -0.4 is 9.62 Å². The Labute approximate surface area is 156 Å². The lowest BCUT2D eigenvalue weighted by molar-refractivity contribution is 0.122. The smallest absolute Gasteiger partial charge is 0.261 e. The number of ether oxygens (including phenoxy) is 1. The second-order valence-electron chi connectivity index (χ2n) is 7.53. The van der Waals surface area contributed by atoms with Crippen molar-refractivity contribution in [3.63, 3.8) is 0 Å². The van der Waals surface area contributed by atoms with Gasteiger partial charge in [-0.05, 0) is 41.3 Å². The van der Waals surface area contributed by atoms with Crippen LogP contribution in [0.4, 0.5) is 11.4 Å². The number of hydrogen-bond donors (Lipinski definition) is 1. The van der Waals surface area contributed by atoms with Gasteiger partial charge in [-0.2, -0.15) is 0 Å². The van der Waals surface area contributed by atoms with E-state index in [1.54, 1.807) is 18.2 Å². The highest BCUT2D eigenvalue weighted by molar-refractivity contribution is 7.92. The van der Waals surface area contributed by atoms with E-state index in [2.05, 4.69) is 30.4 Å². The van der Waals surface area contributed by atoms with Crippen LogP contribution in [0.1, 0.15) is 26.3 Å². The molecule has 6 heteroatoms. The summed E-state index contributed by atoms with van der Waals surface area (Å²) in [5, 5.41) is 0. The molecule has 1 heterocycles. The highest BCUT2D eigenvalue weighted by Crippen LogP contribution is 2.26. The molecule has 140 valence electrons. The monoisotopic (exact) mass is 374 g/mol. The fraction of sp³-hybridized carbons (Fsp3) is 0.400. The minimum Gasteiger partial charge on any atom is -0.378 e. The molecule has 1 N–H and O–H groups in total. The Bertz CT molecular complexity index is 849.